The Labute approximate surface area is 168 Å². The van der Waals surface area contributed by atoms with Gasteiger partial charge in [0.1, 0.15) is 12.1 Å². The molecule has 1 N–H and O–H groups in total. The Bertz CT molecular complexity index is 693. The lowest BCUT2D eigenvalue weighted by Gasteiger charge is -2.39. The normalized spacial score (nSPS) is 23.7. The maximum atomic E-state index is 12.8. The number of nitrogens with zero attached hydrogens (tertiary/aromatic N) is 1. The third kappa shape index (κ3) is 4.68. The highest BCUT2D eigenvalue weighted by atomic mass is 16.5. The van der Waals surface area contributed by atoms with E-state index in [0.29, 0.717) is 6.54 Å². The molecule has 0 aromatic heterocycles. The molecule has 1 aromatic carbocycles. The average molecular weight is 387 g/mol. The van der Waals surface area contributed by atoms with E-state index >= 15 is 0 Å². The van der Waals surface area contributed by atoms with E-state index in [1.165, 1.54) is 19.3 Å². The van der Waals surface area contributed by atoms with Gasteiger partial charge in [-0.3, -0.25) is 9.59 Å². The van der Waals surface area contributed by atoms with E-state index in [-0.39, 0.29) is 24.4 Å². The van der Waals surface area contributed by atoms with Crippen LogP contribution in [0.3, 0.4) is 0 Å². The fourth-order valence-corrected chi connectivity index (χ4v) is 4.41. The summed E-state index contributed by atoms with van der Waals surface area (Å²) in [6.07, 6.45) is 7.97. The van der Waals surface area contributed by atoms with Crippen molar-refractivity contribution in [1.82, 2.24) is 0 Å². The van der Waals surface area contributed by atoms with Crippen LogP contribution in [0.4, 0.5) is 11.4 Å². The van der Waals surface area contributed by atoms with Gasteiger partial charge in [0.05, 0.1) is 23.8 Å². The van der Waals surface area contributed by atoms with Crippen molar-refractivity contribution >= 4 is 23.3 Å². The van der Waals surface area contributed by atoms with Gasteiger partial charge in [0.25, 0.3) is 5.91 Å². The second-order valence-corrected chi connectivity index (χ2v) is 8.75. The van der Waals surface area contributed by atoms with E-state index in [0.717, 1.165) is 43.0 Å². The number of esters is 1. The number of nitrogens with one attached hydrogen (secondary N) is 1. The Morgan fingerprint density at radius 3 is 2.64 bits per heavy atom. The highest BCUT2D eigenvalue weighted by molar-refractivity contribution is 6.07. The zero-order valence-corrected chi connectivity index (χ0v) is 17.5. The van der Waals surface area contributed by atoms with Gasteiger partial charge in [-0.25, -0.2) is 0 Å². The SMILES string of the molecule is CCCCC1CCC(C(=O)OCCN2C(=O)C(C)(C)Nc3ccccc32)CC1. The summed E-state index contributed by atoms with van der Waals surface area (Å²) in [5, 5.41) is 3.29. The van der Waals surface area contributed by atoms with Gasteiger partial charge in [0.15, 0.2) is 0 Å². The molecule has 5 nitrogen and oxygen atoms in total. The maximum Gasteiger partial charge on any atom is 0.308 e. The van der Waals surface area contributed by atoms with Gasteiger partial charge in [0, 0.05) is 0 Å². The van der Waals surface area contributed by atoms with Crippen molar-refractivity contribution in [3.05, 3.63) is 24.3 Å². The minimum absolute atomic E-state index is 0.00122. The van der Waals surface area contributed by atoms with Crippen molar-refractivity contribution in [3.63, 3.8) is 0 Å². The van der Waals surface area contributed by atoms with Crippen molar-refractivity contribution in [2.45, 2.75) is 71.3 Å². The molecule has 1 heterocycles. The number of carbonyl (C=O) groups is 2. The lowest BCUT2D eigenvalue weighted by Crippen LogP contribution is -2.54. The van der Waals surface area contributed by atoms with Crippen LogP contribution in [0.1, 0.15) is 65.7 Å². The van der Waals surface area contributed by atoms with Crippen LogP contribution in [0.25, 0.3) is 0 Å². The molecule has 2 aliphatic rings. The first-order valence-corrected chi connectivity index (χ1v) is 10.8. The van der Waals surface area contributed by atoms with Crippen molar-refractivity contribution < 1.29 is 14.3 Å². The lowest BCUT2D eigenvalue weighted by molar-refractivity contribution is -0.150. The third-order valence-electron chi connectivity index (χ3n) is 6.13. The topological polar surface area (TPSA) is 58.6 Å². The smallest absolute Gasteiger partial charge is 0.308 e. The van der Waals surface area contributed by atoms with E-state index in [4.69, 9.17) is 4.74 Å². The molecule has 0 atom stereocenters. The molecule has 28 heavy (non-hydrogen) atoms. The summed E-state index contributed by atoms with van der Waals surface area (Å²) in [7, 11) is 0. The minimum atomic E-state index is -0.671. The molecule has 0 bridgehead atoms. The summed E-state index contributed by atoms with van der Waals surface area (Å²) < 4.78 is 5.58. The van der Waals surface area contributed by atoms with E-state index in [2.05, 4.69) is 12.2 Å². The van der Waals surface area contributed by atoms with Crippen LogP contribution >= 0.6 is 0 Å². The van der Waals surface area contributed by atoms with Gasteiger partial charge in [-0.1, -0.05) is 38.3 Å². The standard InChI is InChI=1S/C23H34N2O3/c1-4-5-8-17-11-13-18(14-12-17)21(26)28-16-15-25-20-10-7-6-9-19(20)24-23(2,3)22(25)27/h6-7,9-10,17-18,24H,4-5,8,11-16H2,1-3H3. The molecule has 3 rings (SSSR count). The zero-order valence-electron chi connectivity index (χ0n) is 17.5. The number of benzene rings is 1. The van der Waals surface area contributed by atoms with Crippen molar-refractivity contribution in [1.29, 1.82) is 0 Å². The quantitative estimate of drug-likeness (QED) is 0.686. The number of carbonyl (C=O) groups excluding carboxylic acids is 2. The molecule has 1 aliphatic heterocycles. The highest BCUT2D eigenvalue weighted by Crippen LogP contribution is 2.35. The van der Waals surface area contributed by atoms with Crippen molar-refractivity contribution in [2.24, 2.45) is 11.8 Å². The molecule has 1 saturated carbocycles. The Kier molecular flexibility index (Phi) is 6.63. The van der Waals surface area contributed by atoms with Crippen molar-refractivity contribution in [2.75, 3.05) is 23.4 Å². The van der Waals surface area contributed by atoms with Crippen LogP contribution in [0.2, 0.25) is 0 Å². The Morgan fingerprint density at radius 2 is 1.93 bits per heavy atom. The number of hydrogen-bond donors (Lipinski definition) is 1. The number of fused-ring (bicyclic) bond motifs is 1. The van der Waals surface area contributed by atoms with E-state index < -0.39 is 5.54 Å². The fraction of sp³-hybridized carbons (Fsp3) is 0.652. The minimum Gasteiger partial charge on any atom is -0.464 e. The molecule has 1 fully saturated rings. The third-order valence-corrected chi connectivity index (χ3v) is 6.13. The summed E-state index contributed by atoms with van der Waals surface area (Å²) in [5.41, 5.74) is 1.11. The monoisotopic (exact) mass is 386 g/mol. The summed E-state index contributed by atoms with van der Waals surface area (Å²) in [5.74, 6) is 0.712. The van der Waals surface area contributed by atoms with Crippen LogP contribution in [0.15, 0.2) is 24.3 Å². The molecule has 5 heteroatoms. The summed E-state index contributed by atoms with van der Waals surface area (Å²) in [4.78, 5) is 27.0. The Balaban J connectivity index is 1.51. The number of unbranched alkanes of at least 4 members (excludes halogenated alkanes) is 1. The average Bonchev–Trinajstić information content (AvgIpc) is 2.69. The van der Waals surface area contributed by atoms with Gasteiger partial charge < -0.3 is 15.0 Å². The summed E-state index contributed by atoms with van der Waals surface area (Å²) in [6.45, 7) is 6.61. The van der Waals surface area contributed by atoms with E-state index in [1.807, 2.05) is 38.1 Å². The number of anilines is 2. The predicted molar refractivity (Wildman–Crippen MR) is 112 cm³/mol. The molecule has 154 valence electrons. The molecule has 0 saturated heterocycles. The maximum absolute atomic E-state index is 12.8. The van der Waals surface area contributed by atoms with Crippen LogP contribution in [-0.4, -0.2) is 30.6 Å². The van der Waals surface area contributed by atoms with Gasteiger partial charge in [0.2, 0.25) is 0 Å². The number of para-hydroxylation sites is 2. The molecular weight excluding hydrogens is 352 g/mol. The molecule has 0 spiro atoms. The van der Waals surface area contributed by atoms with Gasteiger partial charge >= 0.3 is 5.97 Å². The van der Waals surface area contributed by atoms with Crippen LogP contribution < -0.4 is 10.2 Å². The fourth-order valence-electron chi connectivity index (χ4n) is 4.41. The number of rotatable bonds is 7. The van der Waals surface area contributed by atoms with Crippen LogP contribution in [0, 0.1) is 11.8 Å². The van der Waals surface area contributed by atoms with E-state index in [1.54, 1.807) is 4.90 Å². The van der Waals surface area contributed by atoms with E-state index in [9.17, 15) is 9.59 Å². The molecule has 0 radical (unpaired) electrons. The highest BCUT2D eigenvalue weighted by Gasteiger charge is 2.38. The Hall–Kier alpha value is -2.04. The number of hydrogen-bond acceptors (Lipinski definition) is 4. The number of ether oxygens (including phenoxy) is 1. The summed E-state index contributed by atoms with van der Waals surface area (Å²) in [6, 6.07) is 7.77. The largest absolute Gasteiger partial charge is 0.464 e. The van der Waals surface area contributed by atoms with Crippen LogP contribution in [-0.2, 0) is 14.3 Å². The first-order valence-electron chi connectivity index (χ1n) is 10.8. The second kappa shape index (κ2) is 8.97. The lowest BCUT2D eigenvalue weighted by atomic mass is 9.80. The molecule has 0 unspecified atom stereocenters. The van der Waals surface area contributed by atoms with Crippen LogP contribution in [0.5, 0.6) is 0 Å². The van der Waals surface area contributed by atoms with Gasteiger partial charge in [-0.05, 0) is 57.6 Å². The molecular formula is C23H34N2O3. The first-order chi connectivity index (χ1) is 13.4. The molecule has 1 amide bonds. The molecule has 1 aliphatic carbocycles. The van der Waals surface area contributed by atoms with Crippen molar-refractivity contribution in [3.8, 4) is 0 Å². The molecule has 1 aromatic rings. The summed E-state index contributed by atoms with van der Waals surface area (Å²) >= 11 is 0. The Morgan fingerprint density at radius 1 is 1.21 bits per heavy atom. The second-order valence-electron chi connectivity index (χ2n) is 8.75. The predicted octanol–water partition coefficient (Wildman–Crippen LogP) is 4.76. The van der Waals surface area contributed by atoms with Gasteiger partial charge in [-0.15, -0.1) is 0 Å². The van der Waals surface area contributed by atoms with Gasteiger partial charge in [-0.2, -0.15) is 0 Å². The first kappa shape index (κ1) is 20.7. The zero-order chi connectivity index (χ0) is 20.1. The number of amides is 1.